The largest absolute Gasteiger partial charge is 0.481 e. The smallest absolute Gasteiger partial charge is 0.226 e. The summed E-state index contributed by atoms with van der Waals surface area (Å²) in [6.07, 6.45) is 1.95. The van der Waals surface area contributed by atoms with Gasteiger partial charge in [-0.2, -0.15) is 4.98 Å². The third kappa shape index (κ3) is 4.12. The minimum atomic E-state index is -0.335. The monoisotopic (exact) mass is 211 g/mol. The van der Waals surface area contributed by atoms with Gasteiger partial charge in [-0.25, -0.2) is 4.98 Å². The number of ether oxygens (including phenoxy) is 1. The second-order valence-electron chi connectivity index (χ2n) is 3.55. The molecule has 1 aromatic heterocycles. The number of rotatable bonds is 5. The van der Waals surface area contributed by atoms with Gasteiger partial charge in [-0.15, -0.1) is 0 Å². The van der Waals surface area contributed by atoms with Crippen molar-refractivity contribution < 1.29 is 9.84 Å². The van der Waals surface area contributed by atoms with Gasteiger partial charge in [0.05, 0.1) is 13.2 Å². The molecule has 0 radical (unpaired) electrons. The zero-order valence-corrected chi connectivity index (χ0v) is 9.27. The number of nitrogens with zero attached hydrogens (tertiary/aromatic N) is 2. The standard InChI is InChI=1S/C10H17N3O2/c1-7(6-8(2)14)12-10-11-5-4-9(13-10)15-3/h4-5,7-8,14H,6H2,1-3H3,(H,11,12,13). The highest BCUT2D eigenvalue weighted by Crippen LogP contribution is 2.09. The molecule has 2 unspecified atom stereocenters. The van der Waals surface area contributed by atoms with Crippen LogP contribution >= 0.6 is 0 Å². The molecular formula is C10H17N3O2. The van der Waals surface area contributed by atoms with Crippen molar-refractivity contribution in [3.63, 3.8) is 0 Å². The summed E-state index contributed by atoms with van der Waals surface area (Å²) in [7, 11) is 1.56. The molecule has 0 amide bonds. The van der Waals surface area contributed by atoms with Gasteiger partial charge in [0.25, 0.3) is 0 Å². The Bertz CT molecular complexity index is 304. The van der Waals surface area contributed by atoms with Gasteiger partial charge < -0.3 is 15.2 Å². The zero-order chi connectivity index (χ0) is 11.3. The van der Waals surface area contributed by atoms with Crippen molar-refractivity contribution >= 4 is 5.95 Å². The molecule has 0 aliphatic rings. The van der Waals surface area contributed by atoms with Crippen molar-refractivity contribution in [1.82, 2.24) is 9.97 Å². The normalized spacial score (nSPS) is 14.4. The lowest BCUT2D eigenvalue weighted by Crippen LogP contribution is -2.21. The summed E-state index contributed by atoms with van der Waals surface area (Å²) in [5.74, 6) is 1.04. The van der Waals surface area contributed by atoms with Crippen LogP contribution in [0.1, 0.15) is 20.3 Å². The first-order valence-corrected chi connectivity index (χ1v) is 4.93. The summed E-state index contributed by atoms with van der Waals surface area (Å²) in [6.45, 7) is 3.72. The highest BCUT2D eigenvalue weighted by Gasteiger charge is 2.07. The SMILES string of the molecule is COc1ccnc(NC(C)CC(C)O)n1. The van der Waals surface area contributed by atoms with Crippen molar-refractivity contribution in [1.29, 1.82) is 0 Å². The van der Waals surface area contributed by atoms with E-state index in [1.165, 1.54) is 0 Å². The average molecular weight is 211 g/mol. The van der Waals surface area contributed by atoms with Gasteiger partial charge in [0.15, 0.2) is 0 Å². The van der Waals surface area contributed by atoms with Crippen LogP contribution in [0.25, 0.3) is 0 Å². The molecule has 1 heterocycles. The van der Waals surface area contributed by atoms with Gasteiger partial charge in [-0.05, 0) is 20.3 Å². The van der Waals surface area contributed by atoms with E-state index in [9.17, 15) is 5.11 Å². The molecule has 1 rings (SSSR count). The topological polar surface area (TPSA) is 67.3 Å². The van der Waals surface area contributed by atoms with Crippen LogP contribution in [0.2, 0.25) is 0 Å². The fourth-order valence-corrected chi connectivity index (χ4v) is 1.32. The van der Waals surface area contributed by atoms with Crippen molar-refractivity contribution in [2.45, 2.75) is 32.4 Å². The van der Waals surface area contributed by atoms with Crippen molar-refractivity contribution in [2.24, 2.45) is 0 Å². The van der Waals surface area contributed by atoms with Crippen LogP contribution in [-0.2, 0) is 0 Å². The lowest BCUT2D eigenvalue weighted by Gasteiger charge is -2.15. The van der Waals surface area contributed by atoms with Gasteiger partial charge >= 0.3 is 0 Å². The first-order chi connectivity index (χ1) is 7.11. The van der Waals surface area contributed by atoms with E-state index in [0.29, 0.717) is 18.2 Å². The number of nitrogens with one attached hydrogen (secondary N) is 1. The molecule has 0 fully saturated rings. The number of hydrogen-bond acceptors (Lipinski definition) is 5. The molecule has 0 bridgehead atoms. The molecule has 0 aliphatic heterocycles. The highest BCUT2D eigenvalue weighted by molar-refractivity contribution is 5.28. The fourth-order valence-electron chi connectivity index (χ4n) is 1.32. The molecule has 2 N–H and O–H groups in total. The summed E-state index contributed by atoms with van der Waals surface area (Å²) in [5, 5.41) is 12.3. The van der Waals surface area contributed by atoms with Crippen LogP contribution in [0.15, 0.2) is 12.3 Å². The van der Waals surface area contributed by atoms with Gasteiger partial charge in [-0.1, -0.05) is 0 Å². The maximum Gasteiger partial charge on any atom is 0.226 e. The first-order valence-electron chi connectivity index (χ1n) is 4.93. The van der Waals surface area contributed by atoms with Crippen LogP contribution in [0.3, 0.4) is 0 Å². The Kier molecular flexibility index (Phi) is 4.30. The Labute approximate surface area is 89.5 Å². The summed E-state index contributed by atoms with van der Waals surface area (Å²) in [6, 6.07) is 1.81. The van der Waals surface area contributed by atoms with Gasteiger partial charge in [0.2, 0.25) is 11.8 Å². The minimum Gasteiger partial charge on any atom is -0.481 e. The van der Waals surface area contributed by atoms with E-state index in [2.05, 4.69) is 15.3 Å². The molecule has 1 aromatic rings. The Morgan fingerprint density at radius 2 is 2.27 bits per heavy atom. The van der Waals surface area contributed by atoms with Crippen LogP contribution < -0.4 is 10.1 Å². The van der Waals surface area contributed by atoms with Crippen LogP contribution in [0.5, 0.6) is 5.88 Å². The highest BCUT2D eigenvalue weighted by atomic mass is 16.5. The third-order valence-corrected chi connectivity index (χ3v) is 1.91. The fraction of sp³-hybridized carbons (Fsp3) is 0.600. The number of aromatic nitrogens is 2. The predicted molar refractivity (Wildman–Crippen MR) is 58.0 cm³/mol. The maximum absolute atomic E-state index is 9.20. The lowest BCUT2D eigenvalue weighted by atomic mass is 10.2. The van der Waals surface area contributed by atoms with Crippen molar-refractivity contribution in [3.8, 4) is 5.88 Å². The Morgan fingerprint density at radius 3 is 2.87 bits per heavy atom. The summed E-state index contributed by atoms with van der Waals surface area (Å²) in [4.78, 5) is 8.16. The molecular weight excluding hydrogens is 194 g/mol. The molecule has 0 aliphatic carbocycles. The molecule has 15 heavy (non-hydrogen) atoms. The van der Waals surface area contributed by atoms with E-state index in [1.807, 2.05) is 6.92 Å². The average Bonchev–Trinajstić information content (AvgIpc) is 2.16. The number of methoxy groups -OCH3 is 1. The second kappa shape index (κ2) is 5.50. The maximum atomic E-state index is 9.20. The van der Waals surface area contributed by atoms with E-state index in [4.69, 9.17) is 4.74 Å². The van der Waals surface area contributed by atoms with E-state index in [-0.39, 0.29) is 12.1 Å². The Morgan fingerprint density at radius 1 is 1.53 bits per heavy atom. The first kappa shape index (κ1) is 11.7. The van der Waals surface area contributed by atoms with Crippen LogP contribution in [0, 0.1) is 0 Å². The number of hydrogen-bond donors (Lipinski definition) is 2. The van der Waals surface area contributed by atoms with E-state index in [1.54, 1.807) is 26.3 Å². The van der Waals surface area contributed by atoms with Gasteiger partial charge in [0, 0.05) is 18.3 Å². The number of aliphatic hydroxyl groups excluding tert-OH is 1. The van der Waals surface area contributed by atoms with Crippen LogP contribution in [0.4, 0.5) is 5.95 Å². The van der Waals surface area contributed by atoms with Gasteiger partial charge in [-0.3, -0.25) is 0 Å². The summed E-state index contributed by atoms with van der Waals surface area (Å²) in [5.41, 5.74) is 0. The predicted octanol–water partition coefficient (Wildman–Crippen LogP) is 1.06. The minimum absolute atomic E-state index is 0.122. The lowest BCUT2D eigenvalue weighted by molar-refractivity contribution is 0.179. The van der Waals surface area contributed by atoms with Crippen molar-refractivity contribution in [2.75, 3.05) is 12.4 Å². The molecule has 5 nitrogen and oxygen atoms in total. The van der Waals surface area contributed by atoms with E-state index < -0.39 is 0 Å². The zero-order valence-electron chi connectivity index (χ0n) is 9.27. The molecule has 0 saturated carbocycles. The number of aliphatic hydroxyl groups is 1. The summed E-state index contributed by atoms with van der Waals surface area (Å²) >= 11 is 0. The second-order valence-corrected chi connectivity index (χ2v) is 3.55. The molecule has 2 atom stereocenters. The van der Waals surface area contributed by atoms with E-state index >= 15 is 0 Å². The molecule has 0 spiro atoms. The number of anilines is 1. The van der Waals surface area contributed by atoms with Gasteiger partial charge in [0.1, 0.15) is 0 Å². The quantitative estimate of drug-likeness (QED) is 0.762. The Hall–Kier alpha value is -1.36. The Balaban J connectivity index is 2.55. The van der Waals surface area contributed by atoms with Crippen LogP contribution in [-0.4, -0.2) is 34.3 Å². The molecule has 84 valence electrons. The third-order valence-electron chi connectivity index (χ3n) is 1.91. The van der Waals surface area contributed by atoms with Crippen molar-refractivity contribution in [3.05, 3.63) is 12.3 Å². The molecule has 0 aromatic carbocycles. The molecule has 0 saturated heterocycles. The molecule has 5 heteroatoms. The summed E-state index contributed by atoms with van der Waals surface area (Å²) < 4.78 is 4.98. The van der Waals surface area contributed by atoms with E-state index in [0.717, 1.165) is 0 Å².